The van der Waals surface area contributed by atoms with Gasteiger partial charge in [0.1, 0.15) is 5.78 Å². The highest BCUT2D eigenvalue weighted by Gasteiger charge is 2.22. The van der Waals surface area contributed by atoms with Crippen molar-refractivity contribution in [3.05, 3.63) is 0 Å². The number of hydrogen-bond acceptors (Lipinski definition) is 2. The fourth-order valence-electron chi connectivity index (χ4n) is 2.57. The number of ketones is 1. The number of nitrogens with one attached hydrogen (secondary N) is 2. The average Bonchev–Trinajstić information content (AvgIpc) is 2.74. The molecule has 90 valence electrons. The first-order valence-electron chi connectivity index (χ1n) is 6.33. The van der Waals surface area contributed by atoms with E-state index in [0.717, 1.165) is 25.7 Å². The second-order valence-electron chi connectivity index (χ2n) is 4.91. The summed E-state index contributed by atoms with van der Waals surface area (Å²) in [6.07, 6.45) is 7.51. The monoisotopic (exact) mass is 224 g/mol. The Labute approximate surface area is 96.2 Å². The van der Waals surface area contributed by atoms with Crippen LogP contribution in [0.3, 0.4) is 0 Å². The van der Waals surface area contributed by atoms with Gasteiger partial charge in [-0.15, -0.1) is 0 Å². The van der Waals surface area contributed by atoms with Gasteiger partial charge in [-0.2, -0.15) is 0 Å². The smallest absolute Gasteiger partial charge is 0.315 e. The van der Waals surface area contributed by atoms with E-state index in [1.54, 1.807) is 0 Å². The van der Waals surface area contributed by atoms with Crippen LogP contribution in [0.4, 0.5) is 4.79 Å². The fourth-order valence-corrected chi connectivity index (χ4v) is 2.57. The molecule has 2 fully saturated rings. The van der Waals surface area contributed by atoms with Crippen molar-refractivity contribution in [1.82, 2.24) is 10.6 Å². The largest absolute Gasteiger partial charge is 0.335 e. The van der Waals surface area contributed by atoms with Crippen LogP contribution < -0.4 is 10.6 Å². The standard InChI is InChI=1S/C12H20N2O2/c15-11-7-5-10(6-8-11)14-12(16)13-9-3-1-2-4-9/h9-10H,1-8H2,(H2,13,14,16). The maximum Gasteiger partial charge on any atom is 0.315 e. The Morgan fingerprint density at radius 1 is 0.938 bits per heavy atom. The highest BCUT2D eigenvalue weighted by molar-refractivity contribution is 5.80. The zero-order chi connectivity index (χ0) is 11.4. The summed E-state index contributed by atoms with van der Waals surface area (Å²) in [6.45, 7) is 0. The first-order valence-corrected chi connectivity index (χ1v) is 6.33. The molecule has 16 heavy (non-hydrogen) atoms. The second kappa shape index (κ2) is 5.32. The lowest BCUT2D eigenvalue weighted by molar-refractivity contribution is -0.120. The van der Waals surface area contributed by atoms with E-state index >= 15 is 0 Å². The van der Waals surface area contributed by atoms with Gasteiger partial charge in [0.05, 0.1) is 0 Å². The molecule has 0 bridgehead atoms. The SMILES string of the molecule is O=C1CCC(NC(=O)NC2CCCC2)CC1. The van der Waals surface area contributed by atoms with E-state index in [1.165, 1.54) is 12.8 Å². The first-order chi connectivity index (χ1) is 7.74. The first kappa shape index (κ1) is 11.4. The number of carbonyl (C=O) groups excluding carboxylic acids is 2. The van der Waals surface area contributed by atoms with Crippen molar-refractivity contribution in [2.45, 2.75) is 63.5 Å². The Hall–Kier alpha value is -1.06. The van der Waals surface area contributed by atoms with E-state index in [4.69, 9.17) is 0 Å². The number of rotatable bonds is 2. The van der Waals surface area contributed by atoms with E-state index in [0.29, 0.717) is 24.7 Å². The van der Waals surface area contributed by atoms with Gasteiger partial charge in [0, 0.05) is 24.9 Å². The van der Waals surface area contributed by atoms with Crippen molar-refractivity contribution < 1.29 is 9.59 Å². The minimum atomic E-state index is -0.0498. The molecule has 4 nitrogen and oxygen atoms in total. The summed E-state index contributed by atoms with van der Waals surface area (Å²) in [5.74, 6) is 0.328. The minimum Gasteiger partial charge on any atom is -0.335 e. The molecule has 2 N–H and O–H groups in total. The summed E-state index contributed by atoms with van der Waals surface area (Å²) >= 11 is 0. The average molecular weight is 224 g/mol. The molecular formula is C12H20N2O2. The van der Waals surface area contributed by atoms with E-state index in [9.17, 15) is 9.59 Å². The van der Waals surface area contributed by atoms with Gasteiger partial charge in [-0.05, 0) is 25.7 Å². The summed E-state index contributed by atoms with van der Waals surface area (Å²) in [4.78, 5) is 22.7. The second-order valence-corrected chi connectivity index (χ2v) is 4.91. The molecule has 0 unspecified atom stereocenters. The van der Waals surface area contributed by atoms with Gasteiger partial charge >= 0.3 is 6.03 Å². The number of Topliss-reactive ketones (excluding diaryl/α,β-unsaturated/α-hetero) is 1. The topological polar surface area (TPSA) is 58.2 Å². The summed E-state index contributed by atoms with van der Waals surface area (Å²) < 4.78 is 0. The number of urea groups is 1. The number of hydrogen-bond donors (Lipinski definition) is 2. The lowest BCUT2D eigenvalue weighted by Gasteiger charge is -2.23. The third-order valence-electron chi connectivity index (χ3n) is 3.57. The summed E-state index contributed by atoms with van der Waals surface area (Å²) in [5, 5.41) is 5.97. The summed E-state index contributed by atoms with van der Waals surface area (Å²) in [7, 11) is 0. The van der Waals surface area contributed by atoms with Crippen molar-refractivity contribution in [2.75, 3.05) is 0 Å². The molecule has 0 aromatic carbocycles. The molecule has 2 rings (SSSR count). The van der Waals surface area contributed by atoms with Crippen molar-refractivity contribution >= 4 is 11.8 Å². The molecule has 0 aromatic rings. The van der Waals surface area contributed by atoms with Gasteiger partial charge in [-0.1, -0.05) is 12.8 Å². The zero-order valence-electron chi connectivity index (χ0n) is 9.63. The highest BCUT2D eigenvalue weighted by Crippen LogP contribution is 2.18. The number of amides is 2. The molecule has 2 aliphatic carbocycles. The lowest BCUT2D eigenvalue weighted by atomic mass is 9.94. The van der Waals surface area contributed by atoms with Crippen LogP contribution in [0.5, 0.6) is 0 Å². The quantitative estimate of drug-likeness (QED) is 0.750. The van der Waals surface area contributed by atoms with Gasteiger partial charge in [0.15, 0.2) is 0 Å². The Kier molecular flexibility index (Phi) is 3.80. The third kappa shape index (κ3) is 3.22. The molecule has 0 radical (unpaired) electrons. The van der Waals surface area contributed by atoms with E-state index in [2.05, 4.69) is 10.6 Å². The van der Waals surface area contributed by atoms with Crippen LogP contribution in [0.15, 0.2) is 0 Å². The summed E-state index contributed by atoms with van der Waals surface area (Å²) in [6, 6.07) is 0.510. The lowest BCUT2D eigenvalue weighted by Crippen LogP contribution is -2.46. The molecule has 0 aliphatic heterocycles. The van der Waals surface area contributed by atoms with Crippen molar-refractivity contribution in [1.29, 1.82) is 0 Å². The van der Waals surface area contributed by atoms with Gasteiger partial charge in [0.2, 0.25) is 0 Å². The molecule has 0 spiro atoms. The van der Waals surface area contributed by atoms with Gasteiger partial charge in [0.25, 0.3) is 0 Å². The van der Waals surface area contributed by atoms with Crippen LogP contribution in [-0.2, 0) is 4.79 Å². The molecule has 0 saturated heterocycles. The van der Waals surface area contributed by atoms with Gasteiger partial charge in [-0.3, -0.25) is 4.79 Å². The minimum absolute atomic E-state index is 0.0498. The van der Waals surface area contributed by atoms with Gasteiger partial charge in [-0.25, -0.2) is 4.79 Å². The van der Waals surface area contributed by atoms with Crippen molar-refractivity contribution in [2.24, 2.45) is 0 Å². The highest BCUT2D eigenvalue weighted by atomic mass is 16.2. The molecule has 2 saturated carbocycles. The number of carbonyl (C=O) groups is 2. The van der Waals surface area contributed by atoms with Gasteiger partial charge < -0.3 is 10.6 Å². The van der Waals surface area contributed by atoms with Crippen LogP contribution in [0.1, 0.15) is 51.4 Å². The molecule has 0 aromatic heterocycles. The Morgan fingerprint density at radius 3 is 2.00 bits per heavy atom. The molecule has 0 atom stereocenters. The third-order valence-corrected chi connectivity index (χ3v) is 3.57. The summed E-state index contributed by atoms with van der Waals surface area (Å²) in [5.41, 5.74) is 0. The van der Waals surface area contributed by atoms with Crippen LogP contribution in [0, 0.1) is 0 Å². The maximum atomic E-state index is 11.6. The molecule has 0 heterocycles. The molecule has 2 amide bonds. The Morgan fingerprint density at radius 2 is 1.44 bits per heavy atom. The zero-order valence-corrected chi connectivity index (χ0v) is 9.63. The van der Waals surface area contributed by atoms with Crippen molar-refractivity contribution in [3.8, 4) is 0 Å². The van der Waals surface area contributed by atoms with Crippen LogP contribution in [0.25, 0.3) is 0 Å². The van der Waals surface area contributed by atoms with E-state index < -0.39 is 0 Å². The Bertz CT molecular complexity index is 262. The predicted molar refractivity (Wildman–Crippen MR) is 61.2 cm³/mol. The van der Waals surface area contributed by atoms with Crippen LogP contribution >= 0.6 is 0 Å². The normalized spacial score (nSPS) is 23.4. The van der Waals surface area contributed by atoms with Crippen LogP contribution in [0.2, 0.25) is 0 Å². The fraction of sp³-hybridized carbons (Fsp3) is 0.833. The molecule has 2 aliphatic rings. The van der Waals surface area contributed by atoms with E-state index in [1.807, 2.05) is 0 Å². The maximum absolute atomic E-state index is 11.6. The predicted octanol–water partition coefficient (Wildman–Crippen LogP) is 1.74. The molecule has 4 heteroatoms. The molecular weight excluding hydrogens is 204 g/mol. The van der Waals surface area contributed by atoms with Crippen LogP contribution in [-0.4, -0.2) is 23.9 Å². The van der Waals surface area contributed by atoms with Crippen molar-refractivity contribution in [3.63, 3.8) is 0 Å². The van der Waals surface area contributed by atoms with E-state index in [-0.39, 0.29) is 12.1 Å². The Balaban J connectivity index is 1.68.